The first-order chi connectivity index (χ1) is 6.74. The molecule has 1 aromatic rings. The van der Waals surface area contributed by atoms with E-state index < -0.39 is 0 Å². The normalized spacial score (nSPS) is 8.86. The Bertz CT molecular complexity index is 368. The topological polar surface area (TPSA) is 47.8 Å². The minimum Gasteiger partial charge on any atom is -0.358 e. The predicted octanol–water partition coefficient (Wildman–Crippen LogP) is 1.44. The molecule has 0 radical (unpaired) electrons. The van der Waals surface area contributed by atoms with Crippen molar-refractivity contribution in [3.63, 3.8) is 0 Å². The van der Waals surface area contributed by atoms with Gasteiger partial charge in [-0.2, -0.15) is 5.26 Å². The largest absolute Gasteiger partial charge is 0.358 e. The number of nitrogens with zero attached hydrogens (tertiary/aromatic N) is 1. The quantitative estimate of drug-likeness (QED) is 0.436. The zero-order valence-electron chi connectivity index (χ0n) is 7.87. The second-order valence-electron chi connectivity index (χ2n) is 2.85. The van der Waals surface area contributed by atoms with Crippen molar-refractivity contribution in [2.75, 3.05) is 0 Å². The minimum atomic E-state index is 0.357. The van der Waals surface area contributed by atoms with Gasteiger partial charge in [0.1, 0.15) is 0 Å². The molecule has 0 fully saturated rings. The monoisotopic (exact) mass is 205 g/mol. The highest BCUT2D eigenvalue weighted by molar-refractivity contribution is 7.80. The second kappa shape index (κ2) is 5.20. The van der Waals surface area contributed by atoms with Crippen molar-refractivity contribution in [1.29, 1.82) is 5.26 Å². The van der Waals surface area contributed by atoms with Gasteiger partial charge < -0.3 is 5.32 Å². The standard InChI is InChI=1S/C10H11N3S/c1-8-4-2-3-5-9(8)6-12-10(14)13-7-11/h2-5H,6H2,1H3,(H2,12,13,14). The van der Waals surface area contributed by atoms with E-state index in [1.807, 2.05) is 31.2 Å². The Hall–Kier alpha value is -1.60. The fourth-order valence-corrected chi connectivity index (χ4v) is 1.20. The molecule has 0 aliphatic heterocycles. The van der Waals surface area contributed by atoms with Crippen LogP contribution in [0.3, 0.4) is 0 Å². The number of hydrogen-bond acceptors (Lipinski definition) is 2. The number of thiocarbonyl (C=S) groups is 1. The van der Waals surface area contributed by atoms with Gasteiger partial charge in [-0.25, -0.2) is 0 Å². The second-order valence-corrected chi connectivity index (χ2v) is 3.25. The third kappa shape index (κ3) is 3.04. The summed E-state index contributed by atoms with van der Waals surface area (Å²) in [6.45, 7) is 2.68. The third-order valence-electron chi connectivity index (χ3n) is 1.87. The summed E-state index contributed by atoms with van der Waals surface area (Å²) < 4.78 is 0. The van der Waals surface area contributed by atoms with Crippen LogP contribution in [0.15, 0.2) is 24.3 Å². The fraction of sp³-hybridized carbons (Fsp3) is 0.200. The average Bonchev–Trinajstić information content (AvgIpc) is 2.17. The fourth-order valence-electron chi connectivity index (χ4n) is 1.08. The van der Waals surface area contributed by atoms with Gasteiger partial charge in [0.05, 0.1) is 0 Å². The van der Waals surface area contributed by atoms with Gasteiger partial charge in [-0.15, -0.1) is 0 Å². The molecule has 0 saturated carbocycles. The van der Waals surface area contributed by atoms with E-state index in [4.69, 9.17) is 17.5 Å². The lowest BCUT2D eigenvalue weighted by Gasteiger charge is -2.07. The highest BCUT2D eigenvalue weighted by Crippen LogP contribution is 2.05. The van der Waals surface area contributed by atoms with E-state index >= 15 is 0 Å². The van der Waals surface area contributed by atoms with Crippen LogP contribution in [0, 0.1) is 18.4 Å². The molecule has 0 saturated heterocycles. The van der Waals surface area contributed by atoms with Gasteiger partial charge in [-0.1, -0.05) is 24.3 Å². The highest BCUT2D eigenvalue weighted by atomic mass is 32.1. The average molecular weight is 205 g/mol. The van der Waals surface area contributed by atoms with Crippen molar-refractivity contribution < 1.29 is 0 Å². The SMILES string of the molecule is Cc1ccccc1CNC(=S)NC#N. The highest BCUT2D eigenvalue weighted by Gasteiger charge is 1.97. The molecular weight excluding hydrogens is 194 g/mol. The Kier molecular flexibility index (Phi) is 3.89. The van der Waals surface area contributed by atoms with Crippen molar-refractivity contribution >= 4 is 17.3 Å². The maximum atomic E-state index is 8.30. The van der Waals surface area contributed by atoms with Crippen molar-refractivity contribution in [1.82, 2.24) is 10.6 Å². The van der Waals surface area contributed by atoms with E-state index in [2.05, 4.69) is 10.6 Å². The lowest BCUT2D eigenvalue weighted by Crippen LogP contribution is -2.31. The number of aryl methyl sites for hydroxylation is 1. The zero-order valence-corrected chi connectivity index (χ0v) is 8.69. The lowest BCUT2D eigenvalue weighted by atomic mass is 10.1. The molecule has 0 amide bonds. The molecule has 0 spiro atoms. The Morgan fingerprint density at radius 3 is 2.86 bits per heavy atom. The molecule has 0 bridgehead atoms. The predicted molar refractivity (Wildman–Crippen MR) is 59.4 cm³/mol. The molecule has 0 heterocycles. The van der Waals surface area contributed by atoms with Gasteiger partial charge in [0.2, 0.25) is 0 Å². The minimum absolute atomic E-state index is 0.357. The summed E-state index contributed by atoms with van der Waals surface area (Å²) in [5.74, 6) is 0. The van der Waals surface area contributed by atoms with Crippen molar-refractivity contribution in [2.24, 2.45) is 0 Å². The summed E-state index contributed by atoms with van der Waals surface area (Å²) >= 11 is 4.85. The zero-order chi connectivity index (χ0) is 10.4. The van der Waals surface area contributed by atoms with Crippen molar-refractivity contribution in [2.45, 2.75) is 13.5 Å². The molecule has 72 valence electrons. The molecule has 3 nitrogen and oxygen atoms in total. The van der Waals surface area contributed by atoms with Crippen molar-refractivity contribution in [3.8, 4) is 6.19 Å². The first kappa shape index (κ1) is 10.5. The lowest BCUT2D eigenvalue weighted by molar-refractivity contribution is 0.894. The van der Waals surface area contributed by atoms with Gasteiger partial charge in [0.15, 0.2) is 11.3 Å². The molecule has 0 aliphatic rings. The van der Waals surface area contributed by atoms with Crippen LogP contribution in [0.1, 0.15) is 11.1 Å². The Morgan fingerprint density at radius 1 is 1.50 bits per heavy atom. The summed E-state index contributed by atoms with van der Waals surface area (Å²) in [6.07, 6.45) is 1.76. The maximum absolute atomic E-state index is 8.30. The Morgan fingerprint density at radius 2 is 2.21 bits per heavy atom. The van der Waals surface area contributed by atoms with E-state index in [-0.39, 0.29) is 0 Å². The van der Waals surface area contributed by atoms with Crippen LogP contribution in [-0.4, -0.2) is 5.11 Å². The number of hydrogen-bond donors (Lipinski definition) is 2. The molecule has 1 rings (SSSR count). The number of nitrogens with one attached hydrogen (secondary N) is 2. The maximum Gasteiger partial charge on any atom is 0.183 e. The number of nitriles is 1. The molecular formula is C10H11N3S. The molecule has 0 aromatic heterocycles. The van der Waals surface area contributed by atoms with Gasteiger partial charge in [0.25, 0.3) is 0 Å². The van der Waals surface area contributed by atoms with Crippen LogP contribution in [0.4, 0.5) is 0 Å². The van der Waals surface area contributed by atoms with E-state index in [0.717, 1.165) is 0 Å². The Labute approximate surface area is 88.7 Å². The van der Waals surface area contributed by atoms with Crippen LogP contribution in [0.25, 0.3) is 0 Å². The Balaban J connectivity index is 2.51. The summed E-state index contributed by atoms with van der Waals surface area (Å²) in [4.78, 5) is 0. The molecule has 14 heavy (non-hydrogen) atoms. The van der Waals surface area contributed by atoms with Crippen LogP contribution in [0.2, 0.25) is 0 Å². The molecule has 4 heteroatoms. The van der Waals surface area contributed by atoms with Crippen LogP contribution < -0.4 is 10.6 Å². The molecule has 0 aliphatic carbocycles. The van der Waals surface area contributed by atoms with Crippen molar-refractivity contribution in [3.05, 3.63) is 35.4 Å². The van der Waals surface area contributed by atoms with Gasteiger partial charge in [-0.3, -0.25) is 5.32 Å². The summed E-state index contributed by atoms with van der Waals surface area (Å²) in [6, 6.07) is 8.03. The number of rotatable bonds is 2. The van der Waals surface area contributed by atoms with Crippen LogP contribution >= 0.6 is 12.2 Å². The first-order valence-electron chi connectivity index (χ1n) is 4.21. The molecule has 2 N–H and O–H groups in total. The third-order valence-corrected chi connectivity index (χ3v) is 2.12. The number of benzene rings is 1. The van der Waals surface area contributed by atoms with Crippen LogP contribution in [-0.2, 0) is 6.54 Å². The van der Waals surface area contributed by atoms with E-state index in [1.54, 1.807) is 6.19 Å². The van der Waals surface area contributed by atoms with Gasteiger partial charge >= 0.3 is 0 Å². The van der Waals surface area contributed by atoms with Gasteiger partial charge in [0, 0.05) is 6.54 Å². The summed E-state index contributed by atoms with van der Waals surface area (Å²) in [7, 11) is 0. The molecule has 1 aromatic carbocycles. The summed E-state index contributed by atoms with van der Waals surface area (Å²) in [5.41, 5.74) is 2.38. The van der Waals surface area contributed by atoms with Gasteiger partial charge in [-0.05, 0) is 30.3 Å². The molecule has 0 atom stereocenters. The molecule has 0 unspecified atom stereocenters. The van der Waals surface area contributed by atoms with E-state index in [1.165, 1.54) is 11.1 Å². The smallest absolute Gasteiger partial charge is 0.183 e. The van der Waals surface area contributed by atoms with E-state index in [9.17, 15) is 0 Å². The van der Waals surface area contributed by atoms with E-state index in [0.29, 0.717) is 11.7 Å². The summed E-state index contributed by atoms with van der Waals surface area (Å²) in [5, 5.41) is 14.0. The first-order valence-corrected chi connectivity index (χ1v) is 4.62. The van der Waals surface area contributed by atoms with Crippen LogP contribution in [0.5, 0.6) is 0 Å².